The molecule has 0 bridgehead atoms. The molecule has 0 saturated heterocycles. The summed E-state index contributed by atoms with van der Waals surface area (Å²) in [6, 6.07) is 4.98. The summed E-state index contributed by atoms with van der Waals surface area (Å²) in [4.78, 5) is 17.9. The van der Waals surface area contributed by atoms with E-state index in [1.807, 2.05) is 25.1 Å². The van der Waals surface area contributed by atoms with Crippen LogP contribution in [0.15, 0.2) is 39.9 Å². The van der Waals surface area contributed by atoms with Gasteiger partial charge in [0.2, 0.25) is 5.90 Å². The lowest BCUT2D eigenvalue weighted by molar-refractivity contribution is 0.0964. The van der Waals surface area contributed by atoms with Crippen LogP contribution in [0, 0.1) is 5.41 Å². The van der Waals surface area contributed by atoms with E-state index in [-0.39, 0.29) is 36.3 Å². The highest BCUT2D eigenvalue weighted by Gasteiger charge is 2.37. The molecule has 190 valence electrons. The van der Waals surface area contributed by atoms with Crippen molar-refractivity contribution in [2.24, 2.45) is 10.1 Å². The van der Waals surface area contributed by atoms with Gasteiger partial charge in [0.15, 0.2) is 11.8 Å². The van der Waals surface area contributed by atoms with E-state index < -0.39 is 6.04 Å². The molecule has 0 radical (unpaired) electrons. The zero-order valence-electron chi connectivity index (χ0n) is 21.7. The summed E-state index contributed by atoms with van der Waals surface area (Å²) < 4.78 is 11.8. The van der Waals surface area contributed by atoms with Crippen molar-refractivity contribution in [1.29, 1.82) is 5.41 Å². The standard InChI is InChI=1S/C27H38N4O4/c1-7-20(8-2)35-23-12-17(3)24-25(29-23)26(28)31(30-24)16-22(33)18-13-19(27(4,5)6)15-21(14-18)34-11-9-10-32/h12-15,20,25,28,32H,7-11,16H2,1-6H3. The van der Waals surface area contributed by atoms with Gasteiger partial charge in [-0.25, -0.2) is 10.0 Å². The Kier molecular flexibility index (Phi) is 8.48. The van der Waals surface area contributed by atoms with Gasteiger partial charge in [-0.05, 0) is 54.5 Å². The molecule has 8 nitrogen and oxygen atoms in total. The van der Waals surface area contributed by atoms with E-state index in [2.05, 4.69) is 44.7 Å². The SMILES string of the molecule is CCC(CC)OC1=NC2C(=N)N(CC(=O)c3cc(OCCCO)cc(C(C)(C)C)c3)N=C2C(C)=C1. The number of carbonyl (C=O) groups is 1. The average molecular weight is 483 g/mol. The molecule has 8 heteroatoms. The highest BCUT2D eigenvalue weighted by Crippen LogP contribution is 2.29. The van der Waals surface area contributed by atoms with Crippen molar-refractivity contribution in [3.63, 3.8) is 0 Å². The second kappa shape index (κ2) is 11.2. The summed E-state index contributed by atoms with van der Waals surface area (Å²) >= 11 is 0. The van der Waals surface area contributed by atoms with Crippen molar-refractivity contribution >= 4 is 23.2 Å². The number of amidine groups is 1. The molecule has 0 aromatic heterocycles. The maximum absolute atomic E-state index is 13.3. The molecule has 0 amide bonds. The third-order valence-corrected chi connectivity index (χ3v) is 6.18. The van der Waals surface area contributed by atoms with E-state index in [1.165, 1.54) is 5.01 Å². The fraction of sp³-hybridized carbons (Fsp3) is 0.556. The van der Waals surface area contributed by atoms with Crippen molar-refractivity contribution in [1.82, 2.24) is 5.01 Å². The minimum absolute atomic E-state index is 0.0456. The van der Waals surface area contributed by atoms with Gasteiger partial charge in [0.25, 0.3) is 0 Å². The van der Waals surface area contributed by atoms with Crippen LogP contribution in [-0.4, -0.2) is 65.2 Å². The summed E-state index contributed by atoms with van der Waals surface area (Å²) in [7, 11) is 0. The molecule has 3 rings (SSSR count). The second-order valence-electron chi connectivity index (χ2n) is 10.0. The van der Waals surface area contributed by atoms with Crippen LogP contribution in [0.5, 0.6) is 5.75 Å². The number of ketones is 1. The number of Topliss-reactive ketones (excluding diaryl/α,β-unsaturated/α-hetero) is 1. The Morgan fingerprint density at radius 1 is 1.23 bits per heavy atom. The summed E-state index contributed by atoms with van der Waals surface area (Å²) in [6.45, 7) is 12.7. The monoisotopic (exact) mass is 482 g/mol. The van der Waals surface area contributed by atoms with Gasteiger partial charge < -0.3 is 14.6 Å². The molecule has 2 aliphatic rings. The molecule has 1 unspecified atom stereocenters. The topological polar surface area (TPSA) is 108 Å². The zero-order valence-corrected chi connectivity index (χ0v) is 21.7. The number of nitrogens with one attached hydrogen (secondary N) is 1. The molecule has 0 aliphatic carbocycles. The summed E-state index contributed by atoms with van der Waals surface area (Å²) in [5, 5.41) is 23.7. The fourth-order valence-electron chi connectivity index (χ4n) is 3.92. The van der Waals surface area contributed by atoms with Crippen molar-refractivity contribution in [2.75, 3.05) is 19.8 Å². The number of carbonyl (C=O) groups excluding carboxylic acids is 1. The number of aliphatic hydroxyl groups is 1. The Balaban J connectivity index is 1.80. The van der Waals surface area contributed by atoms with Gasteiger partial charge in [0.1, 0.15) is 18.1 Å². The molecule has 2 aliphatic heterocycles. The molecule has 1 aromatic rings. The number of benzene rings is 1. The Hall–Kier alpha value is -3.00. The van der Waals surface area contributed by atoms with Crippen LogP contribution in [0.4, 0.5) is 0 Å². The van der Waals surface area contributed by atoms with E-state index in [0.717, 1.165) is 24.0 Å². The van der Waals surface area contributed by atoms with Gasteiger partial charge in [-0.1, -0.05) is 34.6 Å². The average Bonchev–Trinajstić information content (AvgIpc) is 3.12. The number of nitrogens with zero attached hydrogens (tertiary/aromatic N) is 3. The third-order valence-electron chi connectivity index (χ3n) is 6.18. The van der Waals surface area contributed by atoms with Gasteiger partial charge in [-0.3, -0.25) is 10.2 Å². The highest BCUT2D eigenvalue weighted by molar-refractivity contribution is 6.24. The van der Waals surface area contributed by atoms with Crippen LogP contribution in [0.1, 0.15) is 76.7 Å². The van der Waals surface area contributed by atoms with Gasteiger partial charge >= 0.3 is 0 Å². The maximum atomic E-state index is 13.3. The molecule has 0 fully saturated rings. The quantitative estimate of drug-likeness (QED) is 0.377. The van der Waals surface area contributed by atoms with Crippen molar-refractivity contribution in [2.45, 2.75) is 78.4 Å². The number of aliphatic imine (C=N–C) groups is 1. The van der Waals surface area contributed by atoms with Crippen LogP contribution in [0.25, 0.3) is 0 Å². The number of hydrogen-bond acceptors (Lipinski definition) is 7. The Labute approximate surface area is 208 Å². The molecular formula is C27H38N4O4. The minimum Gasteiger partial charge on any atom is -0.493 e. The smallest absolute Gasteiger partial charge is 0.210 e. The second-order valence-corrected chi connectivity index (χ2v) is 10.0. The van der Waals surface area contributed by atoms with Gasteiger partial charge in [-0.15, -0.1) is 0 Å². The first-order chi connectivity index (χ1) is 16.6. The molecular weight excluding hydrogens is 444 g/mol. The number of rotatable bonds is 10. The summed E-state index contributed by atoms with van der Waals surface area (Å²) in [5.41, 5.74) is 2.87. The Morgan fingerprint density at radius 3 is 2.57 bits per heavy atom. The zero-order chi connectivity index (χ0) is 25.8. The lowest BCUT2D eigenvalue weighted by Gasteiger charge is -2.22. The Morgan fingerprint density at radius 2 is 1.94 bits per heavy atom. The van der Waals surface area contributed by atoms with Crippen LogP contribution in [-0.2, 0) is 10.2 Å². The summed E-state index contributed by atoms with van der Waals surface area (Å²) in [5.74, 6) is 1.12. The number of hydrogen-bond donors (Lipinski definition) is 2. The lowest BCUT2D eigenvalue weighted by atomic mass is 9.85. The third kappa shape index (κ3) is 6.36. The number of fused-ring (bicyclic) bond motifs is 1. The van der Waals surface area contributed by atoms with Gasteiger partial charge in [0.05, 0.1) is 18.4 Å². The first-order valence-electron chi connectivity index (χ1n) is 12.4. The predicted octanol–water partition coefficient (Wildman–Crippen LogP) is 4.51. The highest BCUT2D eigenvalue weighted by atomic mass is 16.5. The number of ether oxygens (including phenoxy) is 2. The van der Waals surface area contributed by atoms with Gasteiger partial charge in [0, 0.05) is 24.7 Å². The van der Waals surface area contributed by atoms with E-state index in [0.29, 0.717) is 36.0 Å². The van der Waals surface area contributed by atoms with E-state index in [4.69, 9.17) is 20.0 Å². The van der Waals surface area contributed by atoms with Crippen LogP contribution >= 0.6 is 0 Å². The predicted molar refractivity (Wildman–Crippen MR) is 139 cm³/mol. The molecule has 2 N–H and O–H groups in total. The van der Waals surface area contributed by atoms with Crippen LogP contribution < -0.4 is 4.74 Å². The van der Waals surface area contributed by atoms with Crippen LogP contribution in [0.3, 0.4) is 0 Å². The first-order valence-corrected chi connectivity index (χ1v) is 12.4. The Bertz CT molecular complexity index is 1050. The number of hydrazone groups is 1. The van der Waals surface area contributed by atoms with E-state index in [1.54, 1.807) is 6.07 Å². The molecule has 0 spiro atoms. The maximum Gasteiger partial charge on any atom is 0.210 e. The van der Waals surface area contributed by atoms with Crippen LogP contribution in [0.2, 0.25) is 0 Å². The van der Waals surface area contributed by atoms with E-state index >= 15 is 0 Å². The van der Waals surface area contributed by atoms with Crippen molar-refractivity contribution in [3.8, 4) is 5.75 Å². The van der Waals surface area contributed by atoms with Crippen molar-refractivity contribution in [3.05, 3.63) is 41.0 Å². The molecule has 0 saturated carbocycles. The molecule has 1 aromatic carbocycles. The van der Waals surface area contributed by atoms with E-state index in [9.17, 15) is 4.79 Å². The largest absolute Gasteiger partial charge is 0.493 e. The lowest BCUT2D eigenvalue weighted by Crippen LogP contribution is -2.36. The molecule has 35 heavy (non-hydrogen) atoms. The van der Waals surface area contributed by atoms with Gasteiger partial charge in [-0.2, -0.15) is 5.10 Å². The summed E-state index contributed by atoms with van der Waals surface area (Å²) in [6.07, 6.45) is 4.21. The normalized spacial score (nSPS) is 17.7. The number of aliphatic hydroxyl groups excluding tert-OH is 1. The molecule has 1 atom stereocenters. The number of dihydropyridines is 1. The van der Waals surface area contributed by atoms with Crippen molar-refractivity contribution < 1.29 is 19.4 Å². The minimum atomic E-state index is -0.560. The molecule has 2 heterocycles. The fourth-order valence-corrected chi connectivity index (χ4v) is 3.92. The first kappa shape index (κ1) is 26.6.